The quantitative estimate of drug-likeness (QED) is 0.673. The molecule has 3 nitrogen and oxygen atoms in total. The van der Waals surface area contributed by atoms with Gasteiger partial charge in [-0.3, -0.25) is 4.98 Å². The molecule has 1 aromatic carbocycles. The zero-order valence-corrected chi connectivity index (χ0v) is 13.3. The van der Waals surface area contributed by atoms with Gasteiger partial charge in [0.1, 0.15) is 10.8 Å². The summed E-state index contributed by atoms with van der Waals surface area (Å²) in [5.41, 5.74) is 5.07. The maximum absolute atomic E-state index is 6.41. The minimum atomic E-state index is 0.497. The van der Waals surface area contributed by atoms with Crippen LogP contribution in [-0.4, -0.2) is 15.0 Å². The van der Waals surface area contributed by atoms with Crippen molar-refractivity contribution in [2.24, 2.45) is 0 Å². The number of halogens is 1. The maximum atomic E-state index is 6.41. The first-order valence-electron chi connectivity index (χ1n) is 7.14. The van der Waals surface area contributed by atoms with Crippen LogP contribution in [0.25, 0.3) is 11.5 Å². The van der Waals surface area contributed by atoms with Crippen LogP contribution in [0.15, 0.2) is 48.7 Å². The van der Waals surface area contributed by atoms with Crippen LogP contribution >= 0.6 is 11.6 Å². The van der Waals surface area contributed by atoms with Crippen LogP contribution in [0.4, 0.5) is 0 Å². The lowest BCUT2D eigenvalue weighted by molar-refractivity contribution is 1.01. The topological polar surface area (TPSA) is 38.7 Å². The van der Waals surface area contributed by atoms with Gasteiger partial charge in [-0.25, -0.2) is 9.97 Å². The van der Waals surface area contributed by atoms with Gasteiger partial charge in [0.2, 0.25) is 0 Å². The molecule has 0 bridgehead atoms. The van der Waals surface area contributed by atoms with Crippen molar-refractivity contribution in [2.45, 2.75) is 20.3 Å². The predicted octanol–water partition coefficient (Wildman–Crippen LogP) is 4.40. The molecule has 0 N–H and O–H groups in total. The van der Waals surface area contributed by atoms with E-state index in [2.05, 4.69) is 34.0 Å². The standard InChI is InChI=1S/C18H16ClN3/c1-12-7-3-4-8-14(12)11-15-13(2)21-18(22-17(15)19)16-9-5-6-10-20-16/h3-10H,11H2,1-2H3. The molecule has 0 saturated heterocycles. The molecule has 0 unspecified atom stereocenters. The van der Waals surface area contributed by atoms with E-state index in [0.717, 1.165) is 23.4 Å². The van der Waals surface area contributed by atoms with E-state index in [9.17, 15) is 0 Å². The van der Waals surface area contributed by atoms with Gasteiger partial charge in [0.05, 0.1) is 0 Å². The Morgan fingerprint density at radius 3 is 2.41 bits per heavy atom. The first-order valence-corrected chi connectivity index (χ1v) is 7.52. The molecule has 0 radical (unpaired) electrons. The molecule has 2 aromatic heterocycles. The summed E-state index contributed by atoms with van der Waals surface area (Å²) < 4.78 is 0. The average Bonchev–Trinajstić information content (AvgIpc) is 2.53. The van der Waals surface area contributed by atoms with Crippen molar-refractivity contribution in [3.05, 3.63) is 76.2 Å². The molecule has 0 atom stereocenters. The summed E-state index contributed by atoms with van der Waals surface area (Å²) in [5, 5.41) is 0.497. The third kappa shape index (κ3) is 3.00. The molecule has 3 aromatic rings. The molecule has 0 aliphatic carbocycles. The van der Waals surface area contributed by atoms with Crippen LogP contribution in [0, 0.1) is 13.8 Å². The summed E-state index contributed by atoms with van der Waals surface area (Å²) in [6, 6.07) is 13.9. The van der Waals surface area contributed by atoms with Crippen molar-refractivity contribution in [3.63, 3.8) is 0 Å². The van der Waals surface area contributed by atoms with Crippen LogP contribution in [-0.2, 0) is 6.42 Å². The Labute approximate surface area is 135 Å². The number of benzene rings is 1. The molecule has 22 heavy (non-hydrogen) atoms. The van der Waals surface area contributed by atoms with Crippen molar-refractivity contribution in [1.29, 1.82) is 0 Å². The fraction of sp³-hybridized carbons (Fsp3) is 0.167. The van der Waals surface area contributed by atoms with Gasteiger partial charge in [-0.2, -0.15) is 0 Å². The van der Waals surface area contributed by atoms with Gasteiger partial charge >= 0.3 is 0 Å². The number of nitrogens with zero attached hydrogens (tertiary/aromatic N) is 3. The number of aromatic nitrogens is 3. The fourth-order valence-electron chi connectivity index (χ4n) is 2.37. The second-order valence-corrected chi connectivity index (χ2v) is 5.58. The van der Waals surface area contributed by atoms with E-state index in [4.69, 9.17) is 11.6 Å². The molecule has 0 spiro atoms. The number of pyridine rings is 1. The predicted molar refractivity (Wildman–Crippen MR) is 89.0 cm³/mol. The highest BCUT2D eigenvalue weighted by Crippen LogP contribution is 2.24. The third-order valence-corrected chi connectivity index (χ3v) is 4.00. The van der Waals surface area contributed by atoms with Crippen LogP contribution in [0.2, 0.25) is 5.15 Å². The maximum Gasteiger partial charge on any atom is 0.179 e. The molecule has 0 amide bonds. The second-order valence-electron chi connectivity index (χ2n) is 5.22. The molecule has 110 valence electrons. The number of hydrogen-bond acceptors (Lipinski definition) is 3. The number of hydrogen-bond donors (Lipinski definition) is 0. The fourth-order valence-corrected chi connectivity index (χ4v) is 2.65. The molecule has 2 heterocycles. The summed E-state index contributed by atoms with van der Waals surface area (Å²) in [5.74, 6) is 0.566. The van der Waals surface area contributed by atoms with Crippen molar-refractivity contribution in [2.75, 3.05) is 0 Å². The summed E-state index contributed by atoms with van der Waals surface area (Å²) in [6.45, 7) is 4.06. The van der Waals surface area contributed by atoms with Crippen molar-refractivity contribution in [1.82, 2.24) is 15.0 Å². The molecule has 4 heteroatoms. The lowest BCUT2D eigenvalue weighted by Gasteiger charge is -2.11. The van der Waals surface area contributed by atoms with E-state index in [1.165, 1.54) is 11.1 Å². The van der Waals surface area contributed by atoms with Crippen molar-refractivity contribution >= 4 is 11.6 Å². The van der Waals surface area contributed by atoms with E-state index in [-0.39, 0.29) is 0 Å². The smallest absolute Gasteiger partial charge is 0.179 e. The minimum Gasteiger partial charge on any atom is -0.253 e. The van der Waals surface area contributed by atoms with Gasteiger partial charge in [0.15, 0.2) is 5.82 Å². The lowest BCUT2D eigenvalue weighted by atomic mass is 10.0. The van der Waals surface area contributed by atoms with E-state index < -0.39 is 0 Å². The third-order valence-electron chi connectivity index (χ3n) is 3.69. The highest BCUT2D eigenvalue weighted by atomic mass is 35.5. The van der Waals surface area contributed by atoms with E-state index in [0.29, 0.717) is 11.0 Å². The highest BCUT2D eigenvalue weighted by molar-refractivity contribution is 6.30. The van der Waals surface area contributed by atoms with Gasteiger partial charge in [-0.15, -0.1) is 0 Å². The van der Waals surface area contributed by atoms with Crippen LogP contribution in [0.1, 0.15) is 22.4 Å². The first kappa shape index (κ1) is 14.7. The van der Waals surface area contributed by atoms with E-state index >= 15 is 0 Å². The van der Waals surface area contributed by atoms with E-state index in [1.807, 2.05) is 37.3 Å². The number of rotatable bonds is 3. The van der Waals surface area contributed by atoms with Gasteiger partial charge < -0.3 is 0 Å². The summed E-state index contributed by atoms with van der Waals surface area (Å²) >= 11 is 6.41. The average molecular weight is 310 g/mol. The Bertz CT molecular complexity index is 777. The molecule has 0 fully saturated rings. The Balaban J connectivity index is 1.99. The zero-order chi connectivity index (χ0) is 15.5. The SMILES string of the molecule is Cc1ccccc1Cc1c(C)nc(-c2ccccn2)nc1Cl. The second kappa shape index (κ2) is 6.24. The van der Waals surface area contributed by atoms with Crippen molar-refractivity contribution < 1.29 is 0 Å². The Morgan fingerprint density at radius 1 is 0.955 bits per heavy atom. The summed E-state index contributed by atoms with van der Waals surface area (Å²) in [6.07, 6.45) is 2.46. The van der Waals surface area contributed by atoms with Crippen LogP contribution < -0.4 is 0 Å². The van der Waals surface area contributed by atoms with Crippen LogP contribution in [0.3, 0.4) is 0 Å². The van der Waals surface area contributed by atoms with Crippen molar-refractivity contribution in [3.8, 4) is 11.5 Å². The van der Waals surface area contributed by atoms with Gasteiger partial charge in [0.25, 0.3) is 0 Å². The van der Waals surface area contributed by atoms with Gasteiger partial charge in [-0.05, 0) is 37.1 Å². The molecule has 0 aliphatic rings. The Morgan fingerprint density at radius 2 is 1.73 bits per heavy atom. The molecular weight excluding hydrogens is 294 g/mol. The highest BCUT2D eigenvalue weighted by Gasteiger charge is 2.13. The van der Waals surface area contributed by atoms with Gasteiger partial charge in [0, 0.05) is 23.9 Å². The summed E-state index contributed by atoms with van der Waals surface area (Å²) in [7, 11) is 0. The van der Waals surface area contributed by atoms with E-state index in [1.54, 1.807) is 6.20 Å². The lowest BCUT2D eigenvalue weighted by Crippen LogP contribution is -2.03. The molecule has 0 aliphatic heterocycles. The van der Waals surface area contributed by atoms with Gasteiger partial charge in [-0.1, -0.05) is 41.9 Å². The largest absolute Gasteiger partial charge is 0.253 e. The van der Waals surface area contributed by atoms with Crippen LogP contribution in [0.5, 0.6) is 0 Å². The molecular formula is C18H16ClN3. The first-order chi connectivity index (χ1) is 10.6. The monoisotopic (exact) mass is 309 g/mol. The molecule has 3 rings (SSSR count). The Hall–Kier alpha value is -2.26. The number of aryl methyl sites for hydroxylation is 2. The molecule has 0 saturated carbocycles. The normalized spacial score (nSPS) is 10.7. The zero-order valence-electron chi connectivity index (χ0n) is 12.5. The summed E-state index contributed by atoms with van der Waals surface area (Å²) in [4.78, 5) is 13.3. The Kier molecular flexibility index (Phi) is 4.16. The minimum absolute atomic E-state index is 0.497.